The zero-order valence-electron chi connectivity index (χ0n) is 12.8. The third kappa shape index (κ3) is 5.85. The Kier molecular flexibility index (Phi) is 6.72. The van der Waals surface area contributed by atoms with Crippen molar-refractivity contribution in [3.8, 4) is 5.75 Å². The van der Waals surface area contributed by atoms with Gasteiger partial charge in [-0.3, -0.25) is 9.59 Å². The number of carboxylic acid groups (broad SMARTS) is 1. The van der Waals surface area contributed by atoms with Gasteiger partial charge in [0.2, 0.25) is 0 Å². The first kappa shape index (κ1) is 17.0. The monoisotopic (exact) mass is 293 g/mol. The Hall–Kier alpha value is -2.04. The van der Waals surface area contributed by atoms with Crippen LogP contribution in [0.2, 0.25) is 0 Å². The lowest BCUT2D eigenvalue weighted by Crippen LogP contribution is -2.35. The van der Waals surface area contributed by atoms with Crippen molar-refractivity contribution in [2.75, 3.05) is 13.2 Å². The second kappa shape index (κ2) is 8.29. The third-order valence-corrected chi connectivity index (χ3v) is 3.28. The van der Waals surface area contributed by atoms with Crippen LogP contribution < -0.4 is 10.1 Å². The summed E-state index contributed by atoms with van der Waals surface area (Å²) < 4.78 is 5.43. The van der Waals surface area contributed by atoms with E-state index in [1.165, 1.54) is 0 Å². The van der Waals surface area contributed by atoms with Crippen molar-refractivity contribution in [3.63, 3.8) is 0 Å². The van der Waals surface area contributed by atoms with Crippen LogP contribution in [0.25, 0.3) is 0 Å². The van der Waals surface area contributed by atoms with Gasteiger partial charge in [-0.05, 0) is 30.0 Å². The first-order valence-electron chi connectivity index (χ1n) is 7.16. The number of amides is 1. The summed E-state index contributed by atoms with van der Waals surface area (Å²) in [6.45, 7) is 5.96. The van der Waals surface area contributed by atoms with Crippen LogP contribution in [0, 0.1) is 5.92 Å². The first-order valence-corrected chi connectivity index (χ1v) is 7.16. The topological polar surface area (TPSA) is 75.6 Å². The molecule has 116 valence electrons. The molecule has 0 radical (unpaired) electrons. The Morgan fingerprint density at radius 2 is 2.05 bits per heavy atom. The minimum atomic E-state index is -0.900. The fourth-order valence-corrected chi connectivity index (χ4v) is 1.81. The molecular formula is C16H23NO4. The minimum absolute atomic E-state index is 0.113. The van der Waals surface area contributed by atoms with Crippen molar-refractivity contribution in [2.45, 2.75) is 33.1 Å². The van der Waals surface area contributed by atoms with Gasteiger partial charge in [-0.25, -0.2) is 0 Å². The Bertz CT molecular complexity index is 485. The first-order chi connectivity index (χ1) is 9.93. The molecule has 2 N–H and O–H groups in total. The number of benzene rings is 1. The molecule has 0 aromatic heterocycles. The maximum atomic E-state index is 11.6. The maximum absolute atomic E-state index is 11.6. The summed E-state index contributed by atoms with van der Waals surface area (Å²) in [6.07, 6.45) is 0.479. The van der Waals surface area contributed by atoms with Gasteiger partial charge in [0.15, 0.2) is 6.61 Å². The van der Waals surface area contributed by atoms with Crippen molar-refractivity contribution in [1.82, 2.24) is 5.32 Å². The second-order valence-electron chi connectivity index (χ2n) is 5.26. The molecule has 1 unspecified atom stereocenters. The molecule has 1 rings (SSSR count). The van der Waals surface area contributed by atoms with E-state index in [1.54, 1.807) is 13.0 Å². The SMILES string of the molecule is CCC(CNC(=O)COc1cccc(C(C)C)c1)C(=O)O. The predicted octanol–water partition coefficient (Wildman–Crippen LogP) is 2.42. The highest BCUT2D eigenvalue weighted by Crippen LogP contribution is 2.19. The highest BCUT2D eigenvalue weighted by molar-refractivity contribution is 5.78. The zero-order chi connectivity index (χ0) is 15.8. The number of nitrogens with one attached hydrogen (secondary N) is 1. The molecule has 5 heteroatoms. The lowest BCUT2D eigenvalue weighted by atomic mass is 10.0. The summed E-state index contributed by atoms with van der Waals surface area (Å²) in [5.41, 5.74) is 1.14. The molecule has 0 saturated carbocycles. The van der Waals surface area contributed by atoms with Gasteiger partial charge in [0.05, 0.1) is 5.92 Å². The number of rotatable bonds is 8. The van der Waals surface area contributed by atoms with E-state index in [2.05, 4.69) is 19.2 Å². The molecule has 0 aliphatic rings. The van der Waals surface area contributed by atoms with Crippen LogP contribution in [0.15, 0.2) is 24.3 Å². The van der Waals surface area contributed by atoms with E-state index >= 15 is 0 Å². The summed E-state index contributed by atoms with van der Waals surface area (Å²) in [5.74, 6) is -0.740. The van der Waals surface area contributed by atoms with Gasteiger partial charge in [0.1, 0.15) is 5.75 Å². The summed E-state index contributed by atoms with van der Waals surface area (Å²) in [4.78, 5) is 22.5. The number of ether oxygens (including phenoxy) is 1. The standard InChI is InChI=1S/C16H23NO4/c1-4-12(16(19)20)9-17-15(18)10-21-14-7-5-6-13(8-14)11(2)3/h5-8,11-12H,4,9-10H2,1-3H3,(H,17,18)(H,19,20). The van der Waals surface area contributed by atoms with Gasteiger partial charge in [-0.15, -0.1) is 0 Å². The van der Waals surface area contributed by atoms with Crippen LogP contribution in [-0.2, 0) is 9.59 Å². The van der Waals surface area contributed by atoms with E-state index in [0.29, 0.717) is 18.1 Å². The lowest BCUT2D eigenvalue weighted by Gasteiger charge is -2.12. The third-order valence-electron chi connectivity index (χ3n) is 3.28. The Balaban J connectivity index is 2.42. The number of carbonyl (C=O) groups is 2. The molecule has 0 aliphatic heterocycles. The van der Waals surface area contributed by atoms with Crippen LogP contribution in [0.1, 0.15) is 38.7 Å². The number of carbonyl (C=O) groups excluding carboxylic acids is 1. The summed E-state index contributed by atoms with van der Waals surface area (Å²) in [5, 5.41) is 11.5. The molecular weight excluding hydrogens is 270 g/mol. The Morgan fingerprint density at radius 3 is 2.62 bits per heavy atom. The zero-order valence-corrected chi connectivity index (χ0v) is 12.8. The molecule has 1 aromatic rings. The average molecular weight is 293 g/mol. The van der Waals surface area contributed by atoms with E-state index in [9.17, 15) is 9.59 Å². The van der Waals surface area contributed by atoms with Gasteiger partial charge >= 0.3 is 5.97 Å². The fourth-order valence-electron chi connectivity index (χ4n) is 1.81. The summed E-state index contributed by atoms with van der Waals surface area (Å²) in [6, 6.07) is 7.60. The van der Waals surface area contributed by atoms with Gasteiger partial charge in [-0.1, -0.05) is 32.9 Å². The predicted molar refractivity (Wildman–Crippen MR) is 80.5 cm³/mol. The maximum Gasteiger partial charge on any atom is 0.308 e. The number of hydrogen-bond acceptors (Lipinski definition) is 3. The molecule has 1 atom stereocenters. The highest BCUT2D eigenvalue weighted by Gasteiger charge is 2.15. The summed E-state index contributed by atoms with van der Waals surface area (Å²) in [7, 11) is 0. The van der Waals surface area contributed by atoms with E-state index < -0.39 is 11.9 Å². The van der Waals surface area contributed by atoms with E-state index in [4.69, 9.17) is 9.84 Å². The normalized spacial score (nSPS) is 12.0. The number of carboxylic acids is 1. The highest BCUT2D eigenvalue weighted by atomic mass is 16.5. The minimum Gasteiger partial charge on any atom is -0.484 e. The second-order valence-corrected chi connectivity index (χ2v) is 5.26. The molecule has 1 aromatic carbocycles. The smallest absolute Gasteiger partial charge is 0.308 e. The largest absolute Gasteiger partial charge is 0.484 e. The van der Waals surface area contributed by atoms with Crippen LogP contribution in [0.5, 0.6) is 5.75 Å². The quantitative estimate of drug-likeness (QED) is 0.772. The molecule has 21 heavy (non-hydrogen) atoms. The van der Waals surface area contributed by atoms with E-state index in [1.807, 2.05) is 18.2 Å². The van der Waals surface area contributed by atoms with Gasteiger partial charge in [0.25, 0.3) is 5.91 Å². The van der Waals surface area contributed by atoms with Crippen molar-refractivity contribution in [2.24, 2.45) is 5.92 Å². The molecule has 0 bridgehead atoms. The van der Waals surface area contributed by atoms with Crippen molar-refractivity contribution in [3.05, 3.63) is 29.8 Å². The van der Waals surface area contributed by atoms with Crippen LogP contribution in [-0.4, -0.2) is 30.1 Å². The Labute approximate surface area is 125 Å². The molecule has 0 saturated heterocycles. The Morgan fingerprint density at radius 1 is 1.33 bits per heavy atom. The average Bonchev–Trinajstić information content (AvgIpc) is 2.45. The molecule has 0 aliphatic carbocycles. The van der Waals surface area contributed by atoms with Gasteiger partial charge in [-0.2, -0.15) is 0 Å². The van der Waals surface area contributed by atoms with Crippen LogP contribution >= 0.6 is 0 Å². The van der Waals surface area contributed by atoms with E-state index in [-0.39, 0.29) is 19.1 Å². The van der Waals surface area contributed by atoms with Gasteiger partial charge < -0.3 is 15.2 Å². The number of hydrogen-bond donors (Lipinski definition) is 2. The van der Waals surface area contributed by atoms with Crippen LogP contribution in [0.3, 0.4) is 0 Å². The van der Waals surface area contributed by atoms with Crippen LogP contribution in [0.4, 0.5) is 0 Å². The van der Waals surface area contributed by atoms with Crippen molar-refractivity contribution in [1.29, 1.82) is 0 Å². The molecule has 0 heterocycles. The van der Waals surface area contributed by atoms with Gasteiger partial charge in [0, 0.05) is 6.54 Å². The molecule has 5 nitrogen and oxygen atoms in total. The molecule has 0 spiro atoms. The van der Waals surface area contributed by atoms with Crippen molar-refractivity contribution < 1.29 is 19.4 Å². The lowest BCUT2D eigenvalue weighted by molar-refractivity contribution is -0.141. The van der Waals surface area contributed by atoms with Crippen molar-refractivity contribution >= 4 is 11.9 Å². The fraction of sp³-hybridized carbons (Fsp3) is 0.500. The molecule has 0 fully saturated rings. The summed E-state index contributed by atoms with van der Waals surface area (Å²) >= 11 is 0. The van der Waals surface area contributed by atoms with E-state index in [0.717, 1.165) is 5.56 Å². The number of aliphatic carboxylic acids is 1. The molecule has 1 amide bonds.